The Morgan fingerprint density at radius 2 is 1.75 bits per heavy atom. The van der Waals surface area contributed by atoms with Crippen molar-refractivity contribution in [2.75, 3.05) is 33.2 Å². The van der Waals surface area contributed by atoms with Gasteiger partial charge in [0.25, 0.3) is 0 Å². The molecule has 3 unspecified atom stereocenters. The number of hydrogen-bond donors (Lipinski definition) is 0. The molecule has 0 N–H and O–H groups in total. The van der Waals surface area contributed by atoms with E-state index in [9.17, 15) is 0 Å². The van der Waals surface area contributed by atoms with Gasteiger partial charge in [0, 0.05) is 19.1 Å². The molecule has 0 aromatic heterocycles. The summed E-state index contributed by atoms with van der Waals surface area (Å²) >= 11 is 0. The first-order valence-electron chi connectivity index (χ1n) is 6.92. The molecule has 2 aliphatic heterocycles. The van der Waals surface area contributed by atoms with Gasteiger partial charge in [0.2, 0.25) is 0 Å². The van der Waals surface area contributed by atoms with Gasteiger partial charge in [-0.1, -0.05) is 12.2 Å². The fourth-order valence-corrected chi connectivity index (χ4v) is 3.96. The summed E-state index contributed by atoms with van der Waals surface area (Å²) in [6.07, 6.45) is 10.3. The maximum atomic E-state index is 2.77. The van der Waals surface area contributed by atoms with Gasteiger partial charge in [-0.25, -0.2) is 0 Å². The second-order valence-electron chi connectivity index (χ2n) is 5.90. The van der Waals surface area contributed by atoms with Gasteiger partial charge >= 0.3 is 0 Å². The van der Waals surface area contributed by atoms with Crippen LogP contribution in [0.5, 0.6) is 0 Å². The first-order valence-corrected chi connectivity index (χ1v) is 6.92. The Morgan fingerprint density at radius 1 is 1.00 bits per heavy atom. The number of likely N-dealkylation sites (N-methyl/N-ethyl adjacent to an activating group) is 1. The Kier molecular flexibility index (Phi) is 3.03. The van der Waals surface area contributed by atoms with Crippen LogP contribution in [0.15, 0.2) is 12.2 Å². The molecule has 2 heterocycles. The number of hydrogen-bond acceptors (Lipinski definition) is 2. The van der Waals surface area contributed by atoms with E-state index >= 15 is 0 Å². The molecule has 0 aromatic carbocycles. The highest BCUT2D eigenvalue weighted by molar-refractivity contribution is 5.02. The van der Waals surface area contributed by atoms with Crippen molar-refractivity contribution in [3.63, 3.8) is 0 Å². The van der Waals surface area contributed by atoms with Crippen molar-refractivity contribution in [3.8, 4) is 0 Å². The first-order chi connectivity index (χ1) is 7.84. The Bertz CT molecular complexity index is 268. The zero-order valence-corrected chi connectivity index (χ0v) is 10.4. The predicted molar refractivity (Wildman–Crippen MR) is 67.4 cm³/mol. The molecule has 90 valence electrons. The molecular formula is C14H24N2. The van der Waals surface area contributed by atoms with Gasteiger partial charge in [-0.2, -0.15) is 0 Å². The smallest absolute Gasteiger partial charge is 0.0257 e. The lowest BCUT2D eigenvalue weighted by Crippen LogP contribution is -2.55. The van der Waals surface area contributed by atoms with Crippen molar-refractivity contribution >= 4 is 0 Å². The second kappa shape index (κ2) is 4.50. The third-order valence-corrected chi connectivity index (χ3v) is 4.77. The molecule has 3 rings (SSSR count). The lowest BCUT2D eigenvalue weighted by molar-refractivity contribution is 0.0351. The lowest BCUT2D eigenvalue weighted by Gasteiger charge is -2.47. The molecule has 3 aliphatic rings. The summed E-state index contributed by atoms with van der Waals surface area (Å²) < 4.78 is 0. The molecule has 0 spiro atoms. The minimum atomic E-state index is 0.844. The van der Waals surface area contributed by atoms with Crippen molar-refractivity contribution in [1.29, 1.82) is 0 Å². The molecule has 0 saturated carbocycles. The molecule has 16 heavy (non-hydrogen) atoms. The topological polar surface area (TPSA) is 6.48 Å². The van der Waals surface area contributed by atoms with Crippen molar-refractivity contribution in [2.45, 2.75) is 31.7 Å². The first kappa shape index (κ1) is 10.8. The van der Waals surface area contributed by atoms with E-state index in [-0.39, 0.29) is 0 Å². The van der Waals surface area contributed by atoms with E-state index in [0.717, 1.165) is 17.9 Å². The summed E-state index contributed by atoms with van der Waals surface area (Å²) in [5.74, 6) is 1.87. The minimum absolute atomic E-state index is 0.844. The summed E-state index contributed by atoms with van der Waals surface area (Å²) in [5.41, 5.74) is 0. The van der Waals surface area contributed by atoms with Crippen LogP contribution in [0.2, 0.25) is 0 Å². The molecule has 0 amide bonds. The summed E-state index contributed by atoms with van der Waals surface area (Å²) in [7, 11) is 2.30. The van der Waals surface area contributed by atoms with Crippen molar-refractivity contribution in [1.82, 2.24) is 9.80 Å². The number of piperidine rings is 1. The molecule has 2 saturated heterocycles. The van der Waals surface area contributed by atoms with Crippen LogP contribution in [-0.2, 0) is 0 Å². The third-order valence-electron chi connectivity index (χ3n) is 4.77. The number of rotatable bonds is 1. The highest BCUT2D eigenvalue weighted by Gasteiger charge is 2.39. The van der Waals surface area contributed by atoms with Gasteiger partial charge in [-0.05, 0) is 57.7 Å². The van der Waals surface area contributed by atoms with Crippen LogP contribution in [0, 0.1) is 11.8 Å². The number of fused-ring (bicyclic) bond motifs is 1. The Morgan fingerprint density at radius 3 is 2.56 bits per heavy atom. The summed E-state index contributed by atoms with van der Waals surface area (Å²) in [6, 6.07) is 0.844. The van der Waals surface area contributed by atoms with Crippen LogP contribution >= 0.6 is 0 Å². The average molecular weight is 220 g/mol. The normalized spacial score (nSPS) is 41.2. The number of likely N-dealkylation sites (tertiary alicyclic amines) is 2. The number of nitrogens with zero attached hydrogens (tertiary/aromatic N) is 2. The largest absolute Gasteiger partial charge is 0.305 e. The van der Waals surface area contributed by atoms with E-state index in [1.165, 1.54) is 51.9 Å². The van der Waals surface area contributed by atoms with Crippen LogP contribution in [0.3, 0.4) is 0 Å². The monoisotopic (exact) mass is 220 g/mol. The molecule has 1 aliphatic carbocycles. The molecule has 2 fully saturated rings. The van der Waals surface area contributed by atoms with E-state index in [0.29, 0.717) is 0 Å². The molecular weight excluding hydrogens is 196 g/mol. The van der Waals surface area contributed by atoms with Gasteiger partial charge in [-0.15, -0.1) is 0 Å². The highest BCUT2D eigenvalue weighted by Crippen LogP contribution is 2.36. The van der Waals surface area contributed by atoms with E-state index in [2.05, 4.69) is 29.0 Å². The molecule has 0 bridgehead atoms. The van der Waals surface area contributed by atoms with Crippen molar-refractivity contribution in [3.05, 3.63) is 12.2 Å². The van der Waals surface area contributed by atoms with Gasteiger partial charge in [-0.3, -0.25) is 4.90 Å². The van der Waals surface area contributed by atoms with Crippen LogP contribution in [0.4, 0.5) is 0 Å². The predicted octanol–water partition coefficient (Wildman–Crippen LogP) is 1.98. The number of allylic oxidation sites excluding steroid dienone is 2. The molecule has 2 nitrogen and oxygen atoms in total. The SMILES string of the molecule is CN1CC2CC=CCC2C(N2CCCC2)C1. The van der Waals surface area contributed by atoms with E-state index in [4.69, 9.17) is 0 Å². The highest BCUT2D eigenvalue weighted by atomic mass is 15.2. The fourth-order valence-electron chi connectivity index (χ4n) is 3.96. The maximum absolute atomic E-state index is 2.77. The zero-order chi connectivity index (χ0) is 11.0. The Hall–Kier alpha value is -0.340. The fraction of sp³-hybridized carbons (Fsp3) is 0.857. The van der Waals surface area contributed by atoms with E-state index in [1.807, 2.05) is 0 Å². The summed E-state index contributed by atoms with van der Waals surface area (Å²) in [4.78, 5) is 5.33. The zero-order valence-electron chi connectivity index (χ0n) is 10.4. The molecule has 3 atom stereocenters. The molecule has 0 aromatic rings. The van der Waals surface area contributed by atoms with Gasteiger partial charge < -0.3 is 4.90 Å². The van der Waals surface area contributed by atoms with Crippen LogP contribution in [0.1, 0.15) is 25.7 Å². The summed E-state index contributed by atoms with van der Waals surface area (Å²) in [5, 5.41) is 0. The maximum Gasteiger partial charge on any atom is 0.0257 e. The molecule has 0 radical (unpaired) electrons. The minimum Gasteiger partial charge on any atom is -0.305 e. The van der Waals surface area contributed by atoms with Crippen LogP contribution in [-0.4, -0.2) is 49.1 Å². The van der Waals surface area contributed by atoms with Crippen molar-refractivity contribution in [2.24, 2.45) is 11.8 Å². The van der Waals surface area contributed by atoms with Crippen LogP contribution < -0.4 is 0 Å². The van der Waals surface area contributed by atoms with Crippen molar-refractivity contribution < 1.29 is 0 Å². The van der Waals surface area contributed by atoms with E-state index < -0.39 is 0 Å². The second-order valence-corrected chi connectivity index (χ2v) is 5.90. The Balaban J connectivity index is 1.76. The summed E-state index contributed by atoms with van der Waals surface area (Å²) in [6.45, 7) is 5.32. The average Bonchev–Trinajstić information content (AvgIpc) is 2.81. The van der Waals surface area contributed by atoms with Crippen LogP contribution in [0.25, 0.3) is 0 Å². The lowest BCUT2D eigenvalue weighted by atomic mass is 9.75. The van der Waals surface area contributed by atoms with Gasteiger partial charge in [0.1, 0.15) is 0 Å². The van der Waals surface area contributed by atoms with E-state index in [1.54, 1.807) is 0 Å². The third kappa shape index (κ3) is 1.93. The quantitative estimate of drug-likeness (QED) is 0.624. The van der Waals surface area contributed by atoms with Gasteiger partial charge in [0.05, 0.1) is 0 Å². The Labute approximate surface area is 99.3 Å². The standard InChI is InChI=1S/C14H24N2/c1-15-10-12-6-2-3-7-13(12)14(11-15)16-8-4-5-9-16/h2-3,12-14H,4-11H2,1H3. The molecule has 2 heteroatoms. The van der Waals surface area contributed by atoms with Gasteiger partial charge in [0.15, 0.2) is 0 Å².